The zero-order valence-corrected chi connectivity index (χ0v) is 12.5. The standard InChI is InChI=1S/C18H19NO3/c1-22-13-8-9-15-12(10-13)7-6-11-4-2-3-5-14(11)16(15)17(19)18(20)21/h2-5,8-10,16-17H,6-7,19H2,1H3,(H,20,21). The van der Waals surface area contributed by atoms with Gasteiger partial charge in [-0.1, -0.05) is 30.3 Å². The van der Waals surface area contributed by atoms with E-state index in [-0.39, 0.29) is 5.92 Å². The number of hydrogen-bond donors (Lipinski definition) is 2. The molecule has 22 heavy (non-hydrogen) atoms. The van der Waals surface area contributed by atoms with Crippen LogP contribution in [0.2, 0.25) is 0 Å². The number of nitrogens with two attached hydrogens (primary N) is 1. The third-order valence-electron chi connectivity index (χ3n) is 4.38. The van der Waals surface area contributed by atoms with Crippen molar-refractivity contribution in [3.8, 4) is 5.75 Å². The van der Waals surface area contributed by atoms with Gasteiger partial charge in [0.05, 0.1) is 7.11 Å². The minimum atomic E-state index is -0.983. The Morgan fingerprint density at radius 2 is 1.86 bits per heavy atom. The quantitative estimate of drug-likeness (QED) is 0.912. The molecule has 0 bridgehead atoms. The highest BCUT2D eigenvalue weighted by molar-refractivity contribution is 5.76. The summed E-state index contributed by atoms with van der Waals surface area (Å²) in [6.45, 7) is 0. The fraction of sp³-hybridized carbons (Fsp3) is 0.278. The summed E-state index contributed by atoms with van der Waals surface area (Å²) in [6, 6.07) is 12.8. The molecule has 2 unspecified atom stereocenters. The normalized spacial score (nSPS) is 17.8. The molecule has 4 heteroatoms. The van der Waals surface area contributed by atoms with Crippen LogP contribution in [0.5, 0.6) is 5.75 Å². The van der Waals surface area contributed by atoms with Gasteiger partial charge in [0.1, 0.15) is 11.8 Å². The monoisotopic (exact) mass is 297 g/mol. The summed E-state index contributed by atoms with van der Waals surface area (Å²) >= 11 is 0. The van der Waals surface area contributed by atoms with Crippen LogP contribution >= 0.6 is 0 Å². The van der Waals surface area contributed by atoms with E-state index in [1.807, 2.05) is 36.4 Å². The molecule has 1 aliphatic rings. The van der Waals surface area contributed by atoms with Gasteiger partial charge in [-0.05, 0) is 47.2 Å². The van der Waals surface area contributed by atoms with Crippen molar-refractivity contribution in [1.29, 1.82) is 0 Å². The van der Waals surface area contributed by atoms with E-state index in [9.17, 15) is 9.90 Å². The molecule has 0 fully saturated rings. The molecule has 0 spiro atoms. The number of fused-ring (bicyclic) bond motifs is 2. The maximum Gasteiger partial charge on any atom is 0.321 e. The molecule has 2 aromatic carbocycles. The van der Waals surface area contributed by atoms with E-state index >= 15 is 0 Å². The lowest BCUT2D eigenvalue weighted by Gasteiger charge is -2.24. The number of aryl methyl sites for hydroxylation is 2. The Labute approximate surface area is 129 Å². The number of carbonyl (C=O) groups is 1. The first-order valence-corrected chi connectivity index (χ1v) is 7.35. The van der Waals surface area contributed by atoms with Crippen LogP contribution in [-0.4, -0.2) is 24.2 Å². The van der Waals surface area contributed by atoms with E-state index in [4.69, 9.17) is 10.5 Å². The van der Waals surface area contributed by atoms with E-state index in [2.05, 4.69) is 6.07 Å². The molecule has 0 amide bonds. The molecule has 3 rings (SSSR count). The lowest BCUT2D eigenvalue weighted by Crippen LogP contribution is -2.37. The second kappa shape index (κ2) is 5.81. The van der Waals surface area contributed by atoms with E-state index in [1.54, 1.807) is 7.11 Å². The predicted octanol–water partition coefficient (Wildman–Crippen LogP) is 2.34. The van der Waals surface area contributed by atoms with Crippen LogP contribution in [-0.2, 0) is 17.6 Å². The van der Waals surface area contributed by atoms with E-state index in [1.165, 1.54) is 5.56 Å². The van der Waals surface area contributed by atoms with E-state index in [0.717, 1.165) is 35.3 Å². The van der Waals surface area contributed by atoms with Crippen LogP contribution in [0.25, 0.3) is 0 Å². The van der Waals surface area contributed by atoms with Crippen molar-refractivity contribution in [1.82, 2.24) is 0 Å². The average Bonchev–Trinajstić information content (AvgIpc) is 2.70. The van der Waals surface area contributed by atoms with Gasteiger partial charge in [0.25, 0.3) is 0 Å². The lowest BCUT2D eigenvalue weighted by molar-refractivity contribution is -0.138. The van der Waals surface area contributed by atoms with Crippen molar-refractivity contribution in [2.45, 2.75) is 24.8 Å². The van der Waals surface area contributed by atoms with Crippen molar-refractivity contribution in [2.75, 3.05) is 7.11 Å². The number of hydrogen-bond acceptors (Lipinski definition) is 3. The fourth-order valence-corrected chi connectivity index (χ4v) is 3.26. The van der Waals surface area contributed by atoms with Crippen LogP contribution < -0.4 is 10.5 Å². The molecule has 0 saturated carbocycles. The van der Waals surface area contributed by atoms with Crippen LogP contribution in [0, 0.1) is 0 Å². The second-order valence-corrected chi connectivity index (χ2v) is 5.61. The summed E-state index contributed by atoms with van der Waals surface area (Å²) in [6.07, 6.45) is 1.73. The minimum absolute atomic E-state index is 0.336. The molecule has 3 N–H and O–H groups in total. The topological polar surface area (TPSA) is 72.5 Å². The summed E-state index contributed by atoms with van der Waals surface area (Å²) in [5.74, 6) is -0.534. The van der Waals surface area contributed by atoms with Crippen LogP contribution in [0.1, 0.15) is 28.2 Å². The molecular formula is C18H19NO3. The smallest absolute Gasteiger partial charge is 0.321 e. The highest BCUT2D eigenvalue weighted by Gasteiger charge is 2.32. The SMILES string of the molecule is COc1ccc2c(c1)CCc1ccccc1C2C(N)C(=O)O. The fourth-order valence-electron chi connectivity index (χ4n) is 3.26. The van der Waals surface area contributed by atoms with Crippen molar-refractivity contribution < 1.29 is 14.6 Å². The first kappa shape index (κ1) is 14.6. The Balaban J connectivity index is 2.19. The Hall–Kier alpha value is -2.33. The molecule has 0 radical (unpaired) electrons. The average molecular weight is 297 g/mol. The Kier molecular flexibility index (Phi) is 3.86. The summed E-state index contributed by atoms with van der Waals surface area (Å²) in [5.41, 5.74) is 10.3. The zero-order chi connectivity index (χ0) is 15.7. The molecule has 0 aromatic heterocycles. The van der Waals surface area contributed by atoms with Gasteiger partial charge in [0.15, 0.2) is 0 Å². The second-order valence-electron chi connectivity index (χ2n) is 5.61. The van der Waals surface area contributed by atoms with Crippen LogP contribution in [0.3, 0.4) is 0 Å². The number of methoxy groups -OCH3 is 1. The third-order valence-corrected chi connectivity index (χ3v) is 4.38. The number of carboxylic acids is 1. The van der Waals surface area contributed by atoms with Crippen molar-refractivity contribution in [3.63, 3.8) is 0 Å². The third kappa shape index (κ3) is 2.46. The maximum atomic E-state index is 11.5. The lowest BCUT2D eigenvalue weighted by atomic mass is 9.83. The number of benzene rings is 2. The van der Waals surface area contributed by atoms with Crippen molar-refractivity contribution >= 4 is 5.97 Å². The highest BCUT2D eigenvalue weighted by Crippen LogP contribution is 2.37. The molecule has 2 atom stereocenters. The molecule has 0 aliphatic heterocycles. The van der Waals surface area contributed by atoms with Gasteiger partial charge < -0.3 is 15.6 Å². The first-order chi connectivity index (χ1) is 10.6. The summed E-state index contributed by atoms with van der Waals surface area (Å²) in [5, 5.41) is 9.43. The Bertz CT molecular complexity index is 711. The highest BCUT2D eigenvalue weighted by atomic mass is 16.5. The minimum Gasteiger partial charge on any atom is -0.497 e. The van der Waals surface area contributed by atoms with Gasteiger partial charge >= 0.3 is 5.97 Å². The molecule has 0 heterocycles. The van der Waals surface area contributed by atoms with Gasteiger partial charge in [0.2, 0.25) is 0 Å². The number of carboxylic acid groups (broad SMARTS) is 1. The summed E-state index contributed by atoms with van der Waals surface area (Å²) in [4.78, 5) is 11.5. The number of rotatable bonds is 3. The molecule has 114 valence electrons. The maximum absolute atomic E-state index is 11.5. The Morgan fingerprint density at radius 1 is 1.18 bits per heavy atom. The molecular weight excluding hydrogens is 278 g/mol. The van der Waals surface area contributed by atoms with Crippen LogP contribution in [0.4, 0.5) is 0 Å². The van der Waals surface area contributed by atoms with E-state index < -0.39 is 12.0 Å². The zero-order valence-electron chi connectivity index (χ0n) is 12.5. The Morgan fingerprint density at radius 3 is 2.59 bits per heavy atom. The molecule has 0 saturated heterocycles. The predicted molar refractivity (Wildman–Crippen MR) is 84.3 cm³/mol. The van der Waals surface area contributed by atoms with Gasteiger partial charge in [-0.25, -0.2) is 0 Å². The van der Waals surface area contributed by atoms with Crippen LogP contribution in [0.15, 0.2) is 42.5 Å². The van der Waals surface area contributed by atoms with Gasteiger partial charge in [-0.15, -0.1) is 0 Å². The largest absolute Gasteiger partial charge is 0.497 e. The summed E-state index contributed by atoms with van der Waals surface area (Å²) in [7, 11) is 1.63. The number of ether oxygens (including phenoxy) is 1. The molecule has 4 nitrogen and oxygen atoms in total. The molecule has 1 aliphatic carbocycles. The van der Waals surface area contributed by atoms with Gasteiger partial charge in [-0.3, -0.25) is 4.79 Å². The molecule has 2 aromatic rings. The first-order valence-electron chi connectivity index (χ1n) is 7.35. The van der Waals surface area contributed by atoms with Gasteiger partial charge in [-0.2, -0.15) is 0 Å². The van der Waals surface area contributed by atoms with Crippen molar-refractivity contribution in [3.05, 3.63) is 64.7 Å². The van der Waals surface area contributed by atoms with Crippen molar-refractivity contribution in [2.24, 2.45) is 5.73 Å². The van der Waals surface area contributed by atoms with E-state index in [0.29, 0.717) is 0 Å². The number of aliphatic carboxylic acids is 1. The van der Waals surface area contributed by atoms with Gasteiger partial charge in [0, 0.05) is 5.92 Å². The summed E-state index contributed by atoms with van der Waals surface area (Å²) < 4.78 is 5.29.